The van der Waals surface area contributed by atoms with Crippen LogP contribution in [0, 0.1) is 5.92 Å². The fourth-order valence-corrected chi connectivity index (χ4v) is 4.44. The van der Waals surface area contributed by atoms with Gasteiger partial charge in [-0.15, -0.1) is 0 Å². The second kappa shape index (κ2) is 8.19. The zero-order chi connectivity index (χ0) is 19.5. The third-order valence-electron chi connectivity index (χ3n) is 5.73. The van der Waals surface area contributed by atoms with Gasteiger partial charge in [-0.3, -0.25) is 9.78 Å². The molecule has 1 fully saturated rings. The zero-order valence-electron chi connectivity index (χ0n) is 15.7. The summed E-state index contributed by atoms with van der Waals surface area (Å²) in [7, 11) is 0. The normalized spacial score (nSPS) is 19.5. The third-order valence-corrected chi connectivity index (χ3v) is 5.97. The number of amides is 1. The molecule has 1 heterocycles. The Morgan fingerprint density at radius 3 is 2.68 bits per heavy atom. The van der Waals surface area contributed by atoms with E-state index in [-0.39, 0.29) is 5.91 Å². The number of hydrogen-bond donors (Lipinski definition) is 2. The lowest BCUT2D eigenvalue weighted by Crippen LogP contribution is -2.21. The van der Waals surface area contributed by atoms with Crippen LogP contribution in [0.4, 0.5) is 11.4 Å². The molecule has 4 rings (SSSR count). The van der Waals surface area contributed by atoms with Crippen LogP contribution in [0.3, 0.4) is 0 Å². The minimum atomic E-state index is 0.0202. The van der Waals surface area contributed by atoms with Crippen LogP contribution in [-0.2, 0) is 4.79 Å². The van der Waals surface area contributed by atoms with Crippen molar-refractivity contribution < 1.29 is 4.79 Å². The summed E-state index contributed by atoms with van der Waals surface area (Å²) < 4.78 is 0. The monoisotopic (exact) mass is 393 g/mol. The largest absolute Gasteiger partial charge is 0.397 e. The minimum Gasteiger partial charge on any atom is -0.397 e. The standard InChI is InChI=1S/C23H24ClN3O/c24-17-9-10-22(20(25)14-17)27-23(28)13-15-5-7-16(8-6-15)18-11-12-26-21-4-2-1-3-19(18)21/h1-4,9-12,14-16H,5-8,13,25H2,(H,27,28). The van der Waals surface area contributed by atoms with Crippen molar-refractivity contribution >= 4 is 39.8 Å². The molecule has 5 heteroatoms. The Morgan fingerprint density at radius 2 is 1.89 bits per heavy atom. The van der Waals surface area contributed by atoms with Crippen LogP contribution in [0.25, 0.3) is 10.9 Å². The van der Waals surface area contributed by atoms with E-state index in [4.69, 9.17) is 17.3 Å². The average molecular weight is 394 g/mol. The number of halogens is 1. The predicted molar refractivity (Wildman–Crippen MR) is 116 cm³/mol. The lowest BCUT2D eigenvalue weighted by molar-refractivity contribution is -0.117. The highest BCUT2D eigenvalue weighted by molar-refractivity contribution is 6.31. The first-order valence-corrected chi connectivity index (χ1v) is 10.2. The maximum absolute atomic E-state index is 12.4. The number of rotatable bonds is 4. The Labute approximate surface area is 170 Å². The summed E-state index contributed by atoms with van der Waals surface area (Å²) in [5, 5.41) is 4.74. The molecular formula is C23H24ClN3O. The Balaban J connectivity index is 1.35. The smallest absolute Gasteiger partial charge is 0.224 e. The number of benzene rings is 2. The first-order valence-electron chi connectivity index (χ1n) is 9.78. The Hall–Kier alpha value is -2.59. The first kappa shape index (κ1) is 18.8. The van der Waals surface area contributed by atoms with E-state index in [1.165, 1.54) is 10.9 Å². The summed E-state index contributed by atoms with van der Waals surface area (Å²) in [5.74, 6) is 0.976. The SMILES string of the molecule is Nc1cc(Cl)ccc1NC(=O)CC1CCC(c2ccnc3ccccc23)CC1. The van der Waals surface area contributed by atoms with E-state index in [0.29, 0.717) is 34.7 Å². The molecule has 0 unspecified atom stereocenters. The van der Waals surface area contributed by atoms with Crippen molar-refractivity contribution in [3.05, 3.63) is 65.3 Å². The van der Waals surface area contributed by atoms with E-state index in [2.05, 4.69) is 34.6 Å². The Kier molecular flexibility index (Phi) is 5.49. The van der Waals surface area contributed by atoms with E-state index >= 15 is 0 Å². The molecule has 1 amide bonds. The van der Waals surface area contributed by atoms with Crippen molar-refractivity contribution in [2.24, 2.45) is 5.92 Å². The minimum absolute atomic E-state index is 0.0202. The number of pyridine rings is 1. The van der Waals surface area contributed by atoms with Crippen molar-refractivity contribution in [1.29, 1.82) is 0 Å². The van der Waals surface area contributed by atoms with Crippen molar-refractivity contribution in [3.8, 4) is 0 Å². The summed E-state index contributed by atoms with van der Waals surface area (Å²) >= 11 is 5.91. The fourth-order valence-electron chi connectivity index (χ4n) is 4.26. The number of carbonyl (C=O) groups is 1. The lowest BCUT2D eigenvalue weighted by atomic mass is 9.77. The number of nitrogens with zero attached hydrogens (tertiary/aromatic N) is 1. The number of fused-ring (bicyclic) bond motifs is 1. The molecule has 2 aromatic carbocycles. The van der Waals surface area contributed by atoms with Gasteiger partial charge in [0.15, 0.2) is 0 Å². The topological polar surface area (TPSA) is 68.0 Å². The molecule has 0 atom stereocenters. The van der Waals surface area contributed by atoms with Gasteiger partial charge < -0.3 is 11.1 Å². The lowest BCUT2D eigenvalue weighted by Gasteiger charge is -2.29. The number of anilines is 2. The first-order chi connectivity index (χ1) is 13.6. The molecule has 0 spiro atoms. The van der Waals surface area contributed by atoms with E-state index in [0.717, 1.165) is 31.2 Å². The van der Waals surface area contributed by atoms with E-state index < -0.39 is 0 Å². The summed E-state index contributed by atoms with van der Waals surface area (Å²) in [6, 6.07) is 15.6. The van der Waals surface area contributed by atoms with Gasteiger partial charge in [0.2, 0.25) is 5.91 Å². The molecule has 1 aliphatic rings. The maximum Gasteiger partial charge on any atom is 0.224 e. The molecule has 0 saturated heterocycles. The summed E-state index contributed by atoms with van der Waals surface area (Å²) in [4.78, 5) is 16.9. The number of hydrogen-bond acceptors (Lipinski definition) is 3. The maximum atomic E-state index is 12.4. The Morgan fingerprint density at radius 1 is 1.11 bits per heavy atom. The van der Waals surface area contributed by atoms with Crippen molar-refractivity contribution in [1.82, 2.24) is 4.98 Å². The van der Waals surface area contributed by atoms with Gasteiger partial charge in [-0.25, -0.2) is 0 Å². The van der Waals surface area contributed by atoms with Crippen LogP contribution in [0.1, 0.15) is 43.6 Å². The molecule has 28 heavy (non-hydrogen) atoms. The number of para-hydroxylation sites is 1. The number of nitrogen functional groups attached to an aromatic ring is 1. The van der Waals surface area contributed by atoms with Crippen LogP contribution in [-0.4, -0.2) is 10.9 Å². The summed E-state index contributed by atoms with van der Waals surface area (Å²) in [6.45, 7) is 0. The molecule has 1 aromatic heterocycles. The van der Waals surface area contributed by atoms with Crippen LogP contribution < -0.4 is 11.1 Å². The van der Waals surface area contributed by atoms with Crippen molar-refractivity contribution in [3.63, 3.8) is 0 Å². The highest BCUT2D eigenvalue weighted by atomic mass is 35.5. The highest BCUT2D eigenvalue weighted by Crippen LogP contribution is 2.39. The number of aromatic nitrogens is 1. The van der Waals surface area contributed by atoms with Crippen molar-refractivity contribution in [2.75, 3.05) is 11.1 Å². The average Bonchev–Trinajstić information content (AvgIpc) is 2.70. The molecule has 1 aliphatic carbocycles. The summed E-state index contributed by atoms with van der Waals surface area (Å²) in [5.41, 5.74) is 9.50. The molecule has 1 saturated carbocycles. The fraction of sp³-hybridized carbons (Fsp3) is 0.304. The second-order valence-corrected chi connectivity index (χ2v) is 8.06. The third kappa shape index (κ3) is 4.12. The molecule has 144 valence electrons. The number of nitrogens with one attached hydrogen (secondary N) is 1. The highest BCUT2D eigenvalue weighted by Gasteiger charge is 2.25. The molecule has 3 aromatic rings. The van der Waals surface area contributed by atoms with Crippen molar-refractivity contribution in [2.45, 2.75) is 38.0 Å². The van der Waals surface area contributed by atoms with Gasteiger partial charge in [0.05, 0.1) is 16.9 Å². The van der Waals surface area contributed by atoms with E-state index in [1.807, 2.05) is 12.3 Å². The zero-order valence-corrected chi connectivity index (χ0v) is 16.5. The molecule has 0 aliphatic heterocycles. The van der Waals surface area contributed by atoms with Gasteiger partial charge >= 0.3 is 0 Å². The van der Waals surface area contributed by atoms with E-state index in [9.17, 15) is 4.79 Å². The quantitative estimate of drug-likeness (QED) is 0.552. The summed E-state index contributed by atoms with van der Waals surface area (Å²) in [6.07, 6.45) is 6.78. The van der Waals surface area contributed by atoms with Gasteiger partial charge in [0, 0.05) is 23.0 Å². The van der Waals surface area contributed by atoms with E-state index in [1.54, 1.807) is 18.2 Å². The van der Waals surface area contributed by atoms with Gasteiger partial charge in [-0.05, 0) is 73.4 Å². The molecular weight excluding hydrogens is 370 g/mol. The molecule has 0 bridgehead atoms. The van der Waals surface area contributed by atoms with Gasteiger partial charge in [0.1, 0.15) is 0 Å². The predicted octanol–water partition coefficient (Wildman–Crippen LogP) is 5.77. The number of nitrogens with two attached hydrogens (primary N) is 1. The number of carbonyl (C=O) groups excluding carboxylic acids is 1. The van der Waals surface area contributed by atoms with Gasteiger partial charge in [-0.2, -0.15) is 0 Å². The van der Waals surface area contributed by atoms with Gasteiger partial charge in [0.25, 0.3) is 0 Å². The Bertz CT molecular complexity index is 991. The van der Waals surface area contributed by atoms with Crippen LogP contribution in [0.2, 0.25) is 5.02 Å². The van der Waals surface area contributed by atoms with Crippen LogP contribution in [0.15, 0.2) is 54.7 Å². The van der Waals surface area contributed by atoms with Crippen LogP contribution >= 0.6 is 11.6 Å². The van der Waals surface area contributed by atoms with Crippen LogP contribution in [0.5, 0.6) is 0 Å². The van der Waals surface area contributed by atoms with Gasteiger partial charge in [-0.1, -0.05) is 29.8 Å². The molecule has 4 nitrogen and oxygen atoms in total. The molecule has 3 N–H and O–H groups in total. The molecule has 0 radical (unpaired) electrons. The second-order valence-electron chi connectivity index (χ2n) is 7.62.